The standard InChI is InChI=1S/C13H20N2O5S/c1-15(9-7-13(16)17)21(18,19)14-12-6-4-3-5-11(12)8-10-20-2/h3-6,14H,7-10H2,1-2H3,(H,16,17). The van der Waals surface area contributed by atoms with Gasteiger partial charge in [0.25, 0.3) is 0 Å². The normalized spacial score (nSPS) is 11.6. The number of methoxy groups -OCH3 is 1. The molecule has 1 aromatic rings. The summed E-state index contributed by atoms with van der Waals surface area (Å²) in [6.07, 6.45) is 0.330. The first-order chi connectivity index (χ1) is 9.86. The van der Waals surface area contributed by atoms with Crippen molar-refractivity contribution < 1.29 is 23.1 Å². The van der Waals surface area contributed by atoms with Gasteiger partial charge in [-0.2, -0.15) is 12.7 Å². The number of anilines is 1. The van der Waals surface area contributed by atoms with Crippen LogP contribution in [0.4, 0.5) is 5.69 Å². The Morgan fingerprint density at radius 1 is 1.38 bits per heavy atom. The Kier molecular flexibility index (Phi) is 6.60. The zero-order valence-corrected chi connectivity index (χ0v) is 12.9. The minimum atomic E-state index is -3.78. The van der Waals surface area contributed by atoms with Crippen LogP contribution in [0.25, 0.3) is 0 Å². The van der Waals surface area contributed by atoms with Crippen LogP contribution in [-0.2, 0) is 26.2 Å². The van der Waals surface area contributed by atoms with E-state index < -0.39 is 16.2 Å². The highest BCUT2D eigenvalue weighted by atomic mass is 32.2. The van der Waals surface area contributed by atoms with Gasteiger partial charge in [0.05, 0.1) is 18.7 Å². The summed E-state index contributed by atoms with van der Waals surface area (Å²) < 4.78 is 32.7. The third kappa shape index (κ3) is 5.70. The van der Waals surface area contributed by atoms with Crippen LogP contribution in [0.1, 0.15) is 12.0 Å². The van der Waals surface area contributed by atoms with E-state index in [-0.39, 0.29) is 13.0 Å². The molecule has 0 spiro atoms. The topological polar surface area (TPSA) is 95.9 Å². The van der Waals surface area contributed by atoms with Crippen LogP contribution in [0.3, 0.4) is 0 Å². The number of carboxylic acids is 1. The molecule has 7 nitrogen and oxygen atoms in total. The molecular weight excluding hydrogens is 296 g/mol. The number of nitrogens with zero attached hydrogens (tertiary/aromatic N) is 1. The predicted molar refractivity (Wildman–Crippen MR) is 79.4 cm³/mol. The zero-order valence-electron chi connectivity index (χ0n) is 12.1. The van der Waals surface area contributed by atoms with E-state index in [1.54, 1.807) is 19.2 Å². The molecule has 0 bridgehead atoms. The third-order valence-electron chi connectivity index (χ3n) is 2.88. The Hall–Kier alpha value is -1.64. The number of nitrogens with one attached hydrogen (secondary N) is 1. The number of aliphatic carboxylic acids is 1. The monoisotopic (exact) mass is 316 g/mol. The Morgan fingerprint density at radius 3 is 2.67 bits per heavy atom. The van der Waals surface area contributed by atoms with Crippen LogP contribution in [-0.4, -0.2) is 51.1 Å². The zero-order chi connectivity index (χ0) is 15.9. The van der Waals surface area contributed by atoms with E-state index in [1.807, 2.05) is 12.1 Å². The molecule has 0 unspecified atom stereocenters. The van der Waals surface area contributed by atoms with Gasteiger partial charge in [-0.25, -0.2) is 0 Å². The van der Waals surface area contributed by atoms with E-state index in [4.69, 9.17) is 9.84 Å². The fourth-order valence-electron chi connectivity index (χ4n) is 1.64. The predicted octanol–water partition coefficient (Wildman–Crippen LogP) is 0.939. The van der Waals surface area contributed by atoms with Gasteiger partial charge in [-0.1, -0.05) is 18.2 Å². The summed E-state index contributed by atoms with van der Waals surface area (Å²) in [4.78, 5) is 10.5. The first-order valence-corrected chi connectivity index (χ1v) is 7.83. The molecule has 0 radical (unpaired) electrons. The summed E-state index contributed by atoms with van der Waals surface area (Å²) in [5.74, 6) is -1.04. The SMILES string of the molecule is COCCc1ccccc1NS(=O)(=O)N(C)CCC(=O)O. The van der Waals surface area contributed by atoms with Crippen molar-refractivity contribution in [2.24, 2.45) is 0 Å². The van der Waals surface area contributed by atoms with Crippen LogP contribution in [0.5, 0.6) is 0 Å². The molecule has 1 aromatic carbocycles. The molecule has 0 saturated carbocycles. The fraction of sp³-hybridized carbons (Fsp3) is 0.462. The van der Waals surface area contributed by atoms with Crippen LogP contribution in [0.2, 0.25) is 0 Å². The van der Waals surface area contributed by atoms with E-state index in [9.17, 15) is 13.2 Å². The lowest BCUT2D eigenvalue weighted by Gasteiger charge is -2.19. The van der Waals surface area contributed by atoms with Crippen LogP contribution in [0, 0.1) is 0 Å². The van der Waals surface area contributed by atoms with E-state index in [0.717, 1.165) is 9.87 Å². The van der Waals surface area contributed by atoms with Gasteiger partial charge >= 0.3 is 16.2 Å². The minimum Gasteiger partial charge on any atom is -0.481 e. The molecule has 0 atom stereocenters. The number of carboxylic acid groups (broad SMARTS) is 1. The van der Waals surface area contributed by atoms with E-state index in [2.05, 4.69) is 4.72 Å². The maximum Gasteiger partial charge on any atom is 0.304 e. The second-order valence-corrected chi connectivity index (χ2v) is 6.25. The van der Waals surface area contributed by atoms with Crippen LogP contribution >= 0.6 is 0 Å². The molecule has 2 N–H and O–H groups in total. The molecule has 0 saturated heterocycles. The van der Waals surface area contributed by atoms with Gasteiger partial charge in [0.15, 0.2) is 0 Å². The summed E-state index contributed by atoms with van der Waals surface area (Å²) in [6, 6.07) is 7.02. The first-order valence-electron chi connectivity index (χ1n) is 6.39. The summed E-state index contributed by atoms with van der Waals surface area (Å²) in [6.45, 7) is 0.387. The van der Waals surface area contributed by atoms with Gasteiger partial charge in [0.2, 0.25) is 0 Å². The second kappa shape index (κ2) is 7.96. The molecule has 118 valence electrons. The quantitative estimate of drug-likeness (QED) is 0.707. The molecule has 0 fully saturated rings. The van der Waals surface area contributed by atoms with Crippen molar-refractivity contribution in [2.45, 2.75) is 12.8 Å². The largest absolute Gasteiger partial charge is 0.481 e. The van der Waals surface area contributed by atoms with Gasteiger partial charge in [0.1, 0.15) is 0 Å². The van der Waals surface area contributed by atoms with Gasteiger partial charge in [-0.05, 0) is 18.1 Å². The molecule has 0 heterocycles. The average molecular weight is 316 g/mol. The maximum atomic E-state index is 12.1. The lowest BCUT2D eigenvalue weighted by molar-refractivity contribution is -0.137. The van der Waals surface area contributed by atoms with Crippen LogP contribution in [0.15, 0.2) is 24.3 Å². The van der Waals surface area contributed by atoms with Crippen molar-refractivity contribution >= 4 is 21.9 Å². The summed E-state index contributed by atoms with van der Waals surface area (Å²) in [5.41, 5.74) is 1.28. The van der Waals surface area contributed by atoms with Crippen LogP contribution < -0.4 is 4.72 Å². The van der Waals surface area contributed by atoms with Crippen molar-refractivity contribution in [1.29, 1.82) is 0 Å². The highest BCUT2D eigenvalue weighted by Gasteiger charge is 2.19. The Balaban J connectivity index is 2.81. The number of hydrogen-bond donors (Lipinski definition) is 2. The third-order valence-corrected chi connectivity index (χ3v) is 4.36. The first kappa shape index (κ1) is 17.4. The number of para-hydroxylation sites is 1. The number of hydrogen-bond acceptors (Lipinski definition) is 4. The van der Waals surface area contributed by atoms with Gasteiger partial charge in [-0.15, -0.1) is 0 Å². The lowest BCUT2D eigenvalue weighted by Crippen LogP contribution is -2.34. The smallest absolute Gasteiger partial charge is 0.304 e. The molecule has 8 heteroatoms. The Labute approximate surface area is 124 Å². The number of carbonyl (C=O) groups is 1. The molecular formula is C13H20N2O5S. The number of rotatable bonds is 9. The van der Waals surface area contributed by atoms with Crippen molar-refractivity contribution in [2.75, 3.05) is 32.0 Å². The molecule has 0 aliphatic heterocycles. The minimum absolute atomic E-state index is 0.0924. The fourth-order valence-corrected chi connectivity index (χ4v) is 2.60. The summed E-state index contributed by atoms with van der Waals surface area (Å²) in [5, 5.41) is 8.60. The summed E-state index contributed by atoms with van der Waals surface area (Å²) in [7, 11) is -0.865. The average Bonchev–Trinajstić information content (AvgIpc) is 2.43. The highest BCUT2D eigenvalue weighted by Crippen LogP contribution is 2.18. The van der Waals surface area contributed by atoms with E-state index in [0.29, 0.717) is 18.7 Å². The van der Waals surface area contributed by atoms with E-state index >= 15 is 0 Å². The molecule has 0 aliphatic carbocycles. The van der Waals surface area contributed by atoms with Crippen molar-refractivity contribution in [1.82, 2.24) is 4.31 Å². The molecule has 1 rings (SSSR count). The van der Waals surface area contributed by atoms with Crippen molar-refractivity contribution in [3.63, 3.8) is 0 Å². The Bertz CT molecular complexity index is 574. The van der Waals surface area contributed by atoms with Gasteiger partial charge < -0.3 is 9.84 Å². The molecule has 0 amide bonds. The lowest BCUT2D eigenvalue weighted by atomic mass is 10.1. The maximum absolute atomic E-state index is 12.1. The van der Waals surface area contributed by atoms with E-state index in [1.165, 1.54) is 7.05 Å². The van der Waals surface area contributed by atoms with Gasteiger partial charge in [0, 0.05) is 20.7 Å². The second-order valence-electron chi connectivity index (χ2n) is 4.47. The highest BCUT2D eigenvalue weighted by molar-refractivity contribution is 7.90. The molecule has 21 heavy (non-hydrogen) atoms. The molecule has 0 aliphatic rings. The summed E-state index contributed by atoms with van der Waals surface area (Å²) >= 11 is 0. The van der Waals surface area contributed by atoms with Crippen molar-refractivity contribution in [3.8, 4) is 0 Å². The number of benzene rings is 1. The van der Waals surface area contributed by atoms with Crippen molar-refractivity contribution in [3.05, 3.63) is 29.8 Å². The van der Waals surface area contributed by atoms with Gasteiger partial charge in [-0.3, -0.25) is 9.52 Å². The molecule has 0 aromatic heterocycles. The number of ether oxygens (including phenoxy) is 1. The Morgan fingerprint density at radius 2 is 2.05 bits per heavy atom.